The second-order valence-corrected chi connectivity index (χ2v) is 9.32. The number of carbonyl (C=O) groups excluding carboxylic acids is 3. The molecule has 2 aliphatic heterocycles. The maximum absolute atomic E-state index is 13.4. The molecule has 0 spiro atoms. The molecule has 1 unspecified atom stereocenters. The average Bonchev–Trinajstić information content (AvgIpc) is 3.24. The van der Waals surface area contributed by atoms with E-state index in [0.29, 0.717) is 32.6 Å². The molecule has 0 aliphatic carbocycles. The fourth-order valence-corrected chi connectivity index (χ4v) is 5.28. The summed E-state index contributed by atoms with van der Waals surface area (Å²) in [6.07, 6.45) is 0.757. The molecule has 0 radical (unpaired) electrons. The number of nitrogens with zero attached hydrogens (tertiary/aromatic N) is 2. The Morgan fingerprint density at radius 1 is 1.06 bits per heavy atom. The third kappa shape index (κ3) is 4.08. The molecule has 0 bridgehead atoms. The fourth-order valence-electron chi connectivity index (χ4n) is 3.75. The SMILES string of the molecule is CCC(C)N1C(=O)/C(=C2/C(=O)N(CC(=O)NCc3ccccc3)c3ccccc32)SC1=S. The van der Waals surface area contributed by atoms with Crippen LogP contribution in [0.3, 0.4) is 0 Å². The van der Waals surface area contributed by atoms with Crippen molar-refractivity contribution in [1.29, 1.82) is 0 Å². The van der Waals surface area contributed by atoms with Crippen LogP contribution in [0, 0.1) is 0 Å². The van der Waals surface area contributed by atoms with Gasteiger partial charge >= 0.3 is 0 Å². The summed E-state index contributed by atoms with van der Waals surface area (Å²) in [5, 5.41) is 2.86. The molecule has 4 rings (SSSR count). The molecule has 1 fully saturated rings. The van der Waals surface area contributed by atoms with Crippen LogP contribution in [-0.2, 0) is 20.9 Å². The molecule has 32 heavy (non-hydrogen) atoms. The number of anilines is 1. The summed E-state index contributed by atoms with van der Waals surface area (Å²) < 4.78 is 0.455. The topological polar surface area (TPSA) is 69.7 Å². The van der Waals surface area contributed by atoms with Crippen LogP contribution in [0.4, 0.5) is 5.69 Å². The van der Waals surface area contributed by atoms with Crippen molar-refractivity contribution in [3.63, 3.8) is 0 Å². The van der Waals surface area contributed by atoms with Crippen LogP contribution in [0.1, 0.15) is 31.4 Å². The molecular weight excluding hydrogens is 442 g/mol. The van der Waals surface area contributed by atoms with Crippen molar-refractivity contribution < 1.29 is 14.4 Å². The van der Waals surface area contributed by atoms with Gasteiger partial charge in [0.1, 0.15) is 10.9 Å². The van der Waals surface area contributed by atoms with E-state index >= 15 is 0 Å². The Bertz CT molecular complexity index is 1130. The van der Waals surface area contributed by atoms with Crippen LogP contribution >= 0.6 is 24.0 Å². The molecule has 164 valence electrons. The monoisotopic (exact) mass is 465 g/mol. The molecule has 1 saturated heterocycles. The summed E-state index contributed by atoms with van der Waals surface area (Å²) in [6.45, 7) is 4.18. The van der Waals surface area contributed by atoms with Crippen LogP contribution in [0.5, 0.6) is 0 Å². The number of rotatable bonds is 6. The highest BCUT2D eigenvalue weighted by Gasteiger charge is 2.43. The van der Waals surface area contributed by atoms with Gasteiger partial charge in [-0.2, -0.15) is 0 Å². The number of para-hydroxylation sites is 1. The Kier molecular flexibility index (Phi) is 6.43. The number of benzene rings is 2. The maximum Gasteiger partial charge on any atom is 0.267 e. The Morgan fingerprint density at radius 2 is 1.75 bits per heavy atom. The van der Waals surface area contributed by atoms with Gasteiger partial charge in [0, 0.05) is 18.2 Å². The van der Waals surface area contributed by atoms with Gasteiger partial charge in [0.2, 0.25) is 5.91 Å². The summed E-state index contributed by atoms with van der Waals surface area (Å²) in [6, 6.07) is 16.8. The van der Waals surface area contributed by atoms with Gasteiger partial charge in [-0.15, -0.1) is 0 Å². The molecule has 2 aromatic carbocycles. The van der Waals surface area contributed by atoms with Crippen LogP contribution in [0.25, 0.3) is 5.57 Å². The number of fused-ring (bicyclic) bond motifs is 1. The highest BCUT2D eigenvalue weighted by atomic mass is 32.2. The lowest BCUT2D eigenvalue weighted by Gasteiger charge is -2.21. The normalized spacial score (nSPS) is 18.9. The highest BCUT2D eigenvalue weighted by Crippen LogP contribution is 2.45. The first kappa shape index (κ1) is 22.2. The smallest absolute Gasteiger partial charge is 0.267 e. The van der Waals surface area contributed by atoms with Gasteiger partial charge in [-0.1, -0.05) is 79.4 Å². The molecule has 0 aromatic heterocycles. The van der Waals surface area contributed by atoms with Crippen molar-refractivity contribution in [2.75, 3.05) is 11.4 Å². The third-order valence-electron chi connectivity index (χ3n) is 5.62. The summed E-state index contributed by atoms with van der Waals surface area (Å²) in [7, 11) is 0. The molecule has 1 N–H and O–H groups in total. The number of nitrogens with one attached hydrogen (secondary N) is 1. The Labute approximate surface area is 196 Å². The maximum atomic E-state index is 13.4. The van der Waals surface area contributed by atoms with Crippen molar-refractivity contribution >= 4 is 57.3 Å². The average molecular weight is 466 g/mol. The zero-order valence-electron chi connectivity index (χ0n) is 17.8. The minimum atomic E-state index is -0.356. The van der Waals surface area contributed by atoms with Gasteiger partial charge in [0.15, 0.2) is 0 Å². The molecular formula is C24H23N3O3S2. The molecule has 1 atom stereocenters. The Hall–Kier alpha value is -2.97. The lowest BCUT2D eigenvalue weighted by atomic mass is 10.1. The third-order valence-corrected chi connectivity index (χ3v) is 7.02. The second kappa shape index (κ2) is 9.26. The van der Waals surface area contributed by atoms with E-state index in [1.165, 1.54) is 4.90 Å². The van der Waals surface area contributed by atoms with Crippen molar-refractivity contribution in [1.82, 2.24) is 10.2 Å². The number of hydrogen-bond acceptors (Lipinski definition) is 5. The van der Waals surface area contributed by atoms with Gasteiger partial charge in [0.25, 0.3) is 11.8 Å². The van der Waals surface area contributed by atoms with Crippen LogP contribution in [0.2, 0.25) is 0 Å². The van der Waals surface area contributed by atoms with Crippen LogP contribution < -0.4 is 10.2 Å². The van der Waals surface area contributed by atoms with Crippen molar-refractivity contribution in [2.45, 2.75) is 32.9 Å². The summed E-state index contributed by atoms with van der Waals surface area (Å²) in [4.78, 5) is 42.5. The summed E-state index contributed by atoms with van der Waals surface area (Å²) in [5.41, 5.74) is 2.57. The predicted molar refractivity (Wildman–Crippen MR) is 131 cm³/mol. The first-order chi connectivity index (χ1) is 15.4. The molecule has 0 saturated carbocycles. The molecule has 8 heteroatoms. The summed E-state index contributed by atoms with van der Waals surface area (Å²) in [5.74, 6) is -0.876. The van der Waals surface area contributed by atoms with Gasteiger partial charge in [-0.25, -0.2) is 0 Å². The molecule has 2 heterocycles. The first-order valence-corrected chi connectivity index (χ1v) is 11.7. The zero-order valence-corrected chi connectivity index (χ0v) is 19.5. The fraction of sp³-hybridized carbons (Fsp3) is 0.250. The summed E-state index contributed by atoms with van der Waals surface area (Å²) >= 11 is 6.59. The lowest BCUT2D eigenvalue weighted by Crippen LogP contribution is -2.39. The number of hydrogen-bond donors (Lipinski definition) is 1. The van der Waals surface area contributed by atoms with Gasteiger partial charge in [-0.3, -0.25) is 24.2 Å². The van der Waals surface area contributed by atoms with E-state index in [1.807, 2.05) is 56.3 Å². The van der Waals surface area contributed by atoms with Gasteiger partial charge in [0.05, 0.1) is 16.2 Å². The van der Waals surface area contributed by atoms with Crippen molar-refractivity contribution in [3.05, 3.63) is 70.6 Å². The molecule has 6 nitrogen and oxygen atoms in total. The highest BCUT2D eigenvalue weighted by molar-refractivity contribution is 8.26. The van der Waals surface area contributed by atoms with E-state index in [4.69, 9.17) is 12.2 Å². The van der Waals surface area contributed by atoms with Crippen molar-refractivity contribution in [3.8, 4) is 0 Å². The standard InChI is InChI=1S/C24H23N3O3S2/c1-3-15(2)27-23(30)21(32-24(27)31)20-17-11-7-8-12-18(17)26(22(20)29)14-19(28)25-13-16-9-5-4-6-10-16/h4-12,15H,3,13-14H2,1-2H3,(H,25,28)/b21-20-. The molecule has 2 aliphatic rings. The Balaban J connectivity index is 1.60. The zero-order chi connectivity index (χ0) is 22.8. The predicted octanol–water partition coefficient (Wildman–Crippen LogP) is 3.72. The van der Waals surface area contributed by atoms with E-state index in [-0.39, 0.29) is 30.3 Å². The van der Waals surface area contributed by atoms with E-state index in [0.717, 1.165) is 23.7 Å². The first-order valence-electron chi connectivity index (χ1n) is 10.4. The Morgan fingerprint density at radius 3 is 2.47 bits per heavy atom. The van der Waals surface area contributed by atoms with E-state index in [1.54, 1.807) is 17.0 Å². The number of thiocarbonyl (C=S) groups is 1. The molecule has 3 amide bonds. The van der Waals surface area contributed by atoms with Gasteiger partial charge < -0.3 is 5.32 Å². The lowest BCUT2D eigenvalue weighted by molar-refractivity contribution is -0.123. The largest absolute Gasteiger partial charge is 0.350 e. The van der Waals surface area contributed by atoms with Crippen LogP contribution in [-0.4, -0.2) is 39.5 Å². The van der Waals surface area contributed by atoms with Gasteiger partial charge in [-0.05, 0) is 25.0 Å². The van der Waals surface area contributed by atoms with Crippen molar-refractivity contribution in [2.24, 2.45) is 0 Å². The van der Waals surface area contributed by atoms with E-state index < -0.39 is 0 Å². The molecule has 2 aromatic rings. The second-order valence-electron chi connectivity index (χ2n) is 7.68. The number of thioether (sulfide) groups is 1. The van der Waals surface area contributed by atoms with E-state index in [9.17, 15) is 14.4 Å². The number of carbonyl (C=O) groups is 3. The number of amides is 3. The quantitative estimate of drug-likeness (QED) is 0.520. The minimum Gasteiger partial charge on any atom is -0.350 e. The minimum absolute atomic E-state index is 0.0489. The van der Waals surface area contributed by atoms with Crippen LogP contribution in [0.15, 0.2) is 59.5 Å². The van der Waals surface area contributed by atoms with E-state index in [2.05, 4.69) is 5.32 Å².